The number of aromatic nitrogens is 1. The van der Waals surface area contributed by atoms with E-state index in [1.54, 1.807) is 12.1 Å². The number of rotatable bonds is 1. The average molecular weight is 292 g/mol. The van der Waals surface area contributed by atoms with Crippen molar-refractivity contribution in [3.05, 3.63) is 74.2 Å². The maximum atomic E-state index is 13.2. The van der Waals surface area contributed by atoms with Gasteiger partial charge in [-0.1, -0.05) is 11.6 Å². The number of hydrogen-bond acceptors (Lipinski definition) is 3. The quantitative estimate of drug-likeness (QED) is 0.693. The van der Waals surface area contributed by atoms with Gasteiger partial charge in [0.15, 0.2) is 0 Å². The first kappa shape index (κ1) is 12.6. The second-order valence-corrected chi connectivity index (χ2v) is 4.56. The highest BCUT2D eigenvalue weighted by Crippen LogP contribution is 2.13. The summed E-state index contributed by atoms with van der Waals surface area (Å²) in [6.07, 6.45) is 0. The Morgan fingerprint density at radius 2 is 1.75 bits per heavy atom. The van der Waals surface area contributed by atoms with Gasteiger partial charge in [0.2, 0.25) is 0 Å². The van der Waals surface area contributed by atoms with Crippen molar-refractivity contribution in [2.45, 2.75) is 0 Å². The van der Waals surface area contributed by atoms with Crippen molar-refractivity contribution >= 4 is 22.6 Å². The van der Waals surface area contributed by atoms with Gasteiger partial charge in [0.05, 0.1) is 11.1 Å². The maximum absolute atomic E-state index is 13.2. The Hall–Kier alpha value is -2.40. The lowest BCUT2D eigenvalue weighted by Crippen LogP contribution is -2.30. The molecule has 0 saturated carbocycles. The van der Waals surface area contributed by atoms with E-state index in [1.165, 1.54) is 18.2 Å². The van der Waals surface area contributed by atoms with Crippen LogP contribution in [0.2, 0.25) is 5.02 Å². The van der Waals surface area contributed by atoms with Crippen molar-refractivity contribution in [2.75, 3.05) is 0 Å². The zero-order chi connectivity index (χ0) is 14.3. The number of benzene rings is 2. The van der Waals surface area contributed by atoms with Gasteiger partial charge in [-0.25, -0.2) is 13.8 Å². The molecule has 100 valence electrons. The summed E-state index contributed by atoms with van der Waals surface area (Å²) >= 11 is 5.76. The highest BCUT2D eigenvalue weighted by atomic mass is 35.5. The van der Waals surface area contributed by atoms with E-state index < -0.39 is 17.1 Å². The summed E-state index contributed by atoms with van der Waals surface area (Å²) in [4.78, 5) is 24.2. The predicted molar refractivity (Wildman–Crippen MR) is 73.0 cm³/mol. The predicted octanol–water partition coefficient (Wildman–Crippen LogP) is 2.74. The van der Waals surface area contributed by atoms with Crippen molar-refractivity contribution in [1.29, 1.82) is 0 Å². The van der Waals surface area contributed by atoms with Crippen LogP contribution >= 0.6 is 11.6 Å². The molecular weight excluding hydrogens is 285 g/mol. The first-order valence-electron chi connectivity index (χ1n) is 5.67. The van der Waals surface area contributed by atoms with E-state index in [2.05, 4.69) is 0 Å². The first-order valence-corrected chi connectivity index (χ1v) is 6.05. The molecule has 0 fully saturated rings. The second kappa shape index (κ2) is 4.61. The third-order valence-electron chi connectivity index (χ3n) is 2.84. The highest BCUT2D eigenvalue weighted by molar-refractivity contribution is 6.30. The fourth-order valence-corrected chi connectivity index (χ4v) is 2.04. The molecule has 0 saturated heterocycles. The third kappa shape index (κ3) is 2.02. The molecule has 0 spiro atoms. The largest absolute Gasteiger partial charge is 0.426 e. The Morgan fingerprint density at radius 3 is 2.45 bits per heavy atom. The molecule has 0 radical (unpaired) electrons. The summed E-state index contributed by atoms with van der Waals surface area (Å²) in [6, 6.07) is 9.50. The van der Waals surface area contributed by atoms with Gasteiger partial charge < -0.3 is 4.42 Å². The minimum atomic E-state index is -0.837. The Labute approximate surface area is 116 Å². The van der Waals surface area contributed by atoms with E-state index in [0.717, 1.165) is 16.7 Å². The fraction of sp³-hybridized carbons (Fsp3) is 0. The molecule has 2 aromatic carbocycles. The molecule has 3 aromatic rings. The van der Waals surface area contributed by atoms with Crippen LogP contribution in [0.4, 0.5) is 4.39 Å². The SMILES string of the molecule is O=c1oc2ccc(F)cc2c(=O)n1-c1ccc(Cl)cc1. The Bertz CT molecular complexity index is 912. The van der Waals surface area contributed by atoms with Gasteiger partial charge in [0.25, 0.3) is 5.56 Å². The smallest absolute Gasteiger partial charge is 0.409 e. The van der Waals surface area contributed by atoms with Crippen LogP contribution in [0, 0.1) is 5.82 Å². The Kier molecular flexibility index (Phi) is 2.91. The van der Waals surface area contributed by atoms with E-state index in [1.807, 2.05) is 0 Å². The highest BCUT2D eigenvalue weighted by Gasteiger charge is 2.12. The second-order valence-electron chi connectivity index (χ2n) is 4.13. The minimum Gasteiger partial charge on any atom is -0.409 e. The normalized spacial score (nSPS) is 10.9. The number of halogens is 2. The molecule has 0 amide bonds. The van der Waals surface area contributed by atoms with E-state index in [9.17, 15) is 14.0 Å². The maximum Gasteiger partial charge on any atom is 0.426 e. The van der Waals surface area contributed by atoms with E-state index in [-0.39, 0.29) is 11.0 Å². The molecule has 4 nitrogen and oxygen atoms in total. The topological polar surface area (TPSA) is 52.2 Å². The Morgan fingerprint density at radius 1 is 1.05 bits per heavy atom. The number of nitrogens with zero attached hydrogens (tertiary/aromatic N) is 1. The summed E-state index contributed by atoms with van der Waals surface area (Å²) in [5.74, 6) is -1.41. The van der Waals surface area contributed by atoms with Gasteiger partial charge in [-0.05, 0) is 42.5 Å². The third-order valence-corrected chi connectivity index (χ3v) is 3.09. The first-order chi connectivity index (χ1) is 9.56. The van der Waals surface area contributed by atoms with Crippen LogP contribution in [0.5, 0.6) is 0 Å². The van der Waals surface area contributed by atoms with E-state index >= 15 is 0 Å². The molecule has 0 aliphatic rings. The summed E-state index contributed by atoms with van der Waals surface area (Å²) in [7, 11) is 0. The molecule has 20 heavy (non-hydrogen) atoms. The van der Waals surface area contributed by atoms with Crippen molar-refractivity contribution in [1.82, 2.24) is 4.57 Å². The molecule has 1 heterocycles. The van der Waals surface area contributed by atoms with Gasteiger partial charge in [-0.15, -0.1) is 0 Å². The van der Waals surface area contributed by atoms with Gasteiger partial charge in [-0.3, -0.25) is 4.79 Å². The monoisotopic (exact) mass is 291 g/mol. The minimum absolute atomic E-state index is 0.000417. The number of hydrogen-bond donors (Lipinski definition) is 0. The molecule has 0 N–H and O–H groups in total. The molecule has 0 aliphatic heterocycles. The van der Waals surface area contributed by atoms with Crippen LogP contribution in [0.3, 0.4) is 0 Å². The molecule has 1 aromatic heterocycles. The molecule has 0 unspecified atom stereocenters. The molecule has 0 bridgehead atoms. The van der Waals surface area contributed by atoms with Gasteiger partial charge >= 0.3 is 5.76 Å². The van der Waals surface area contributed by atoms with E-state index in [4.69, 9.17) is 16.0 Å². The van der Waals surface area contributed by atoms with Gasteiger partial charge in [0.1, 0.15) is 11.4 Å². The Balaban J connectivity index is 2.39. The zero-order valence-electron chi connectivity index (χ0n) is 9.97. The standard InChI is InChI=1S/C14H7ClFNO3/c15-8-1-4-10(5-2-8)17-13(18)11-7-9(16)3-6-12(11)20-14(17)19/h1-7H. The molecular formula is C14H7ClFNO3. The fourth-order valence-electron chi connectivity index (χ4n) is 1.91. The summed E-state index contributed by atoms with van der Waals surface area (Å²) in [5, 5.41) is 0.470. The summed E-state index contributed by atoms with van der Waals surface area (Å²) in [5.41, 5.74) is -0.288. The lowest BCUT2D eigenvalue weighted by atomic mass is 10.2. The molecule has 6 heteroatoms. The average Bonchev–Trinajstić information content (AvgIpc) is 2.42. The van der Waals surface area contributed by atoms with Crippen LogP contribution in [0.25, 0.3) is 16.7 Å². The van der Waals surface area contributed by atoms with Crippen LogP contribution in [-0.2, 0) is 0 Å². The van der Waals surface area contributed by atoms with Crippen LogP contribution in [-0.4, -0.2) is 4.57 Å². The number of fused-ring (bicyclic) bond motifs is 1. The van der Waals surface area contributed by atoms with Gasteiger partial charge in [-0.2, -0.15) is 0 Å². The van der Waals surface area contributed by atoms with Crippen molar-refractivity contribution in [2.24, 2.45) is 0 Å². The lowest BCUT2D eigenvalue weighted by molar-refractivity contribution is 0.502. The van der Waals surface area contributed by atoms with Crippen molar-refractivity contribution < 1.29 is 8.81 Å². The van der Waals surface area contributed by atoms with Crippen LogP contribution in [0.15, 0.2) is 56.5 Å². The van der Waals surface area contributed by atoms with Crippen LogP contribution < -0.4 is 11.3 Å². The molecule has 3 rings (SSSR count). The van der Waals surface area contributed by atoms with Crippen LogP contribution in [0.1, 0.15) is 0 Å². The molecule has 0 aliphatic carbocycles. The molecule has 0 atom stereocenters. The summed E-state index contributed by atoms with van der Waals surface area (Å²) < 4.78 is 19.1. The van der Waals surface area contributed by atoms with Crippen molar-refractivity contribution in [3.8, 4) is 5.69 Å². The van der Waals surface area contributed by atoms with Crippen molar-refractivity contribution in [3.63, 3.8) is 0 Å². The zero-order valence-corrected chi connectivity index (χ0v) is 10.7. The van der Waals surface area contributed by atoms with E-state index in [0.29, 0.717) is 10.7 Å². The summed E-state index contributed by atoms with van der Waals surface area (Å²) in [6.45, 7) is 0. The lowest BCUT2D eigenvalue weighted by Gasteiger charge is -2.05. The van der Waals surface area contributed by atoms with Gasteiger partial charge in [0, 0.05) is 5.02 Å².